The number of hydrogen-bond acceptors (Lipinski definition) is 5. The third-order valence-electron chi connectivity index (χ3n) is 4.74. The van der Waals surface area contributed by atoms with Crippen molar-refractivity contribution < 1.29 is 9.53 Å². The van der Waals surface area contributed by atoms with Gasteiger partial charge in [-0.05, 0) is 58.1 Å². The second-order valence-corrected chi connectivity index (χ2v) is 7.85. The lowest BCUT2D eigenvalue weighted by atomic mass is 10.0. The summed E-state index contributed by atoms with van der Waals surface area (Å²) in [6.07, 6.45) is 7.93. The first-order valence-electron chi connectivity index (χ1n) is 9.68. The number of amides is 1. The Morgan fingerprint density at radius 2 is 2.21 bits per heavy atom. The number of aromatic nitrogens is 2. The van der Waals surface area contributed by atoms with Gasteiger partial charge in [0.05, 0.1) is 6.61 Å². The van der Waals surface area contributed by atoms with Gasteiger partial charge < -0.3 is 19.5 Å². The number of ether oxygens (including phenoxy) is 1. The second-order valence-electron chi connectivity index (χ2n) is 6.94. The van der Waals surface area contributed by atoms with Crippen LogP contribution in [0, 0.1) is 0 Å². The summed E-state index contributed by atoms with van der Waals surface area (Å²) in [5, 5.41) is 3.07. The molecule has 0 atom stereocenters. The Balaban J connectivity index is 1.62. The van der Waals surface area contributed by atoms with E-state index in [1.54, 1.807) is 30.4 Å². The molecule has 1 aliphatic heterocycles. The van der Waals surface area contributed by atoms with Crippen LogP contribution in [0.1, 0.15) is 31.7 Å². The summed E-state index contributed by atoms with van der Waals surface area (Å²) in [6, 6.07) is 5.55. The van der Waals surface area contributed by atoms with Crippen molar-refractivity contribution in [2.45, 2.75) is 26.2 Å². The zero-order valence-corrected chi connectivity index (χ0v) is 18.2. The van der Waals surface area contributed by atoms with Crippen LogP contribution < -0.4 is 10.9 Å². The maximum absolute atomic E-state index is 12.2. The lowest BCUT2D eigenvalue weighted by Gasteiger charge is -2.26. The lowest BCUT2D eigenvalue weighted by Crippen LogP contribution is -2.35. The topological polar surface area (TPSA) is 76.5 Å². The van der Waals surface area contributed by atoms with Gasteiger partial charge in [0.15, 0.2) is 0 Å². The molecular formula is C21H25BrN4O3. The summed E-state index contributed by atoms with van der Waals surface area (Å²) in [7, 11) is 1.70. The molecule has 8 heteroatoms. The highest BCUT2D eigenvalue weighted by molar-refractivity contribution is 9.10. The van der Waals surface area contributed by atoms with E-state index in [1.807, 2.05) is 18.2 Å². The fourth-order valence-corrected chi connectivity index (χ4v) is 3.58. The first-order valence-corrected chi connectivity index (χ1v) is 10.5. The summed E-state index contributed by atoms with van der Waals surface area (Å²) in [6.45, 7) is 3.71. The van der Waals surface area contributed by atoms with Crippen molar-refractivity contribution in [2.75, 3.05) is 25.0 Å². The van der Waals surface area contributed by atoms with E-state index in [0.29, 0.717) is 31.2 Å². The fraction of sp³-hybridized carbons (Fsp3) is 0.381. The van der Waals surface area contributed by atoms with Crippen LogP contribution in [-0.2, 0) is 11.8 Å². The molecule has 3 heterocycles. The van der Waals surface area contributed by atoms with E-state index < -0.39 is 0 Å². The maximum atomic E-state index is 12.2. The highest BCUT2D eigenvalue weighted by Crippen LogP contribution is 2.24. The quantitative estimate of drug-likeness (QED) is 0.649. The van der Waals surface area contributed by atoms with E-state index in [1.165, 1.54) is 4.57 Å². The van der Waals surface area contributed by atoms with Crippen LogP contribution in [0.5, 0.6) is 0 Å². The number of aryl methyl sites for hydroxylation is 1. The molecule has 1 N–H and O–H groups in total. The molecule has 0 saturated heterocycles. The number of rotatable bonds is 6. The Labute approximate surface area is 178 Å². The van der Waals surface area contributed by atoms with Crippen LogP contribution in [0.25, 0.3) is 5.57 Å². The molecule has 0 spiro atoms. The minimum atomic E-state index is -0.248. The van der Waals surface area contributed by atoms with Crippen molar-refractivity contribution in [3.05, 3.63) is 57.1 Å². The minimum Gasteiger partial charge on any atom is -0.449 e. The van der Waals surface area contributed by atoms with Crippen LogP contribution in [0.2, 0.25) is 0 Å². The van der Waals surface area contributed by atoms with Gasteiger partial charge in [-0.1, -0.05) is 19.4 Å². The number of carbonyl (C=O) groups is 1. The van der Waals surface area contributed by atoms with Crippen LogP contribution in [0.15, 0.2) is 45.9 Å². The zero-order valence-electron chi connectivity index (χ0n) is 16.7. The standard InChI is InChI=1S/C21H25BrN4O3/c1-3-4-11-29-21(28)26-9-7-15(8-10-26)16-5-6-19(23-13-16)24-18-12-17(22)14-25(2)20(18)27/h5-7,12-14H,3-4,8-11H2,1-2H3,(H,23,24). The van der Waals surface area contributed by atoms with E-state index in [2.05, 4.69) is 33.2 Å². The molecule has 0 aliphatic carbocycles. The second kappa shape index (κ2) is 9.73. The highest BCUT2D eigenvalue weighted by atomic mass is 79.9. The number of carbonyl (C=O) groups excluding carboxylic acids is 1. The molecule has 0 radical (unpaired) electrons. The third kappa shape index (κ3) is 5.47. The van der Waals surface area contributed by atoms with Crippen molar-refractivity contribution in [2.24, 2.45) is 7.05 Å². The fourth-order valence-electron chi connectivity index (χ4n) is 3.05. The number of nitrogens with one attached hydrogen (secondary N) is 1. The van der Waals surface area contributed by atoms with Crippen LogP contribution >= 0.6 is 15.9 Å². The summed E-state index contributed by atoms with van der Waals surface area (Å²) in [5.74, 6) is 0.599. The molecule has 0 unspecified atom stereocenters. The molecule has 7 nitrogen and oxygen atoms in total. The summed E-state index contributed by atoms with van der Waals surface area (Å²) in [5.41, 5.74) is 2.49. The molecule has 0 fully saturated rings. The van der Waals surface area contributed by atoms with Crippen molar-refractivity contribution in [3.63, 3.8) is 0 Å². The van der Waals surface area contributed by atoms with Crippen molar-refractivity contribution >= 4 is 39.1 Å². The number of pyridine rings is 2. The van der Waals surface area contributed by atoms with E-state index >= 15 is 0 Å². The number of anilines is 2. The highest BCUT2D eigenvalue weighted by Gasteiger charge is 2.19. The molecule has 1 amide bonds. The normalized spacial score (nSPS) is 13.8. The third-order valence-corrected chi connectivity index (χ3v) is 5.17. The van der Waals surface area contributed by atoms with Gasteiger partial charge in [0.2, 0.25) is 0 Å². The Morgan fingerprint density at radius 3 is 2.86 bits per heavy atom. The molecule has 3 rings (SSSR count). The minimum absolute atomic E-state index is 0.125. The molecule has 0 bridgehead atoms. The van der Waals surface area contributed by atoms with E-state index in [0.717, 1.165) is 34.9 Å². The summed E-state index contributed by atoms with van der Waals surface area (Å²) >= 11 is 3.39. The zero-order chi connectivity index (χ0) is 20.8. The van der Waals surface area contributed by atoms with Gasteiger partial charge in [0.25, 0.3) is 5.56 Å². The SMILES string of the molecule is CCCCOC(=O)N1CC=C(c2ccc(Nc3cc(Br)cn(C)c3=O)nc2)CC1. The summed E-state index contributed by atoms with van der Waals surface area (Å²) < 4.78 is 7.58. The Morgan fingerprint density at radius 1 is 1.38 bits per heavy atom. The largest absolute Gasteiger partial charge is 0.449 e. The Bertz CT molecular complexity index is 953. The predicted octanol–water partition coefficient (Wildman–Crippen LogP) is 4.31. The molecule has 2 aromatic heterocycles. The van der Waals surface area contributed by atoms with Gasteiger partial charge in [-0.2, -0.15) is 0 Å². The van der Waals surface area contributed by atoms with Crippen LogP contribution in [0.4, 0.5) is 16.3 Å². The smallest absolute Gasteiger partial charge is 0.410 e. The van der Waals surface area contributed by atoms with Gasteiger partial charge >= 0.3 is 6.09 Å². The van der Waals surface area contributed by atoms with Crippen molar-refractivity contribution in [3.8, 4) is 0 Å². The van der Waals surface area contributed by atoms with Gasteiger partial charge in [0.1, 0.15) is 11.5 Å². The van der Waals surface area contributed by atoms with E-state index in [4.69, 9.17) is 4.74 Å². The number of nitrogens with zero attached hydrogens (tertiary/aromatic N) is 3. The molecular weight excluding hydrogens is 436 g/mol. The van der Waals surface area contributed by atoms with Crippen LogP contribution in [0.3, 0.4) is 0 Å². The monoisotopic (exact) mass is 460 g/mol. The molecule has 2 aromatic rings. The molecule has 1 aliphatic rings. The lowest BCUT2D eigenvalue weighted by molar-refractivity contribution is 0.105. The number of hydrogen-bond donors (Lipinski definition) is 1. The van der Waals surface area contributed by atoms with E-state index in [9.17, 15) is 9.59 Å². The van der Waals surface area contributed by atoms with Gasteiger partial charge in [0, 0.05) is 37.0 Å². The van der Waals surface area contributed by atoms with Crippen LogP contribution in [-0.4, -0.2) is 40.2 Å². The van der Waals surface area contributed by atoms with Crippen molar-refractivity contribution in [1.29, 1.82) is 0 Å². The summed E-state index contributed by atoms with van der Waals surface area (Å²) in [4.78, 5) is 30.4. The molecule has 0 saturated carbocycles. The molecule has 154 valence electrons. The predicted molar refractivity (Wildman–Crippen MR) is 117 cm³/mol. The first kappa shape index (κ1) is 21.1. The molecule has 29 heavy (non-hydrogen) atoms. The maximum Gasteiger partial charge on any atom is 0.410 e. The Hall–Kier alpha value is -2.61. The van der Waals surface area contributed by atoms with E-state index in [-0.39, 0.29) is 11.7 Å². The Kier molecular flexibility index (Phi) is 7.09. The van der Waals surface area contributed by atoms with Gasteiger partial charge in [-0.3, -0.25) is 4.79 Å². The average Bonchev–Trinajstić information content (AvgIpc) is 2.72. The van der Waals surface area contributed by atoms with Gasteiger partial charge in [-0.25, -0.2) is 9.78 Å². The van der Waals surface area contributed by atoms with Crippen molar-refractivity contribution in [1.82, 2.24) is 14.5 Å². The van der Waals surface area contributed by atoms with Gasteiger partial charge in [-0.15, -0.1) is 0 Å². The number of halogens is 1. The first-order chi connectivity index (χ1) is 14.0. The molecule has 0 aromatic carbocycles. The average molecular weight is 461 g/mol. The number of unbranched alkanes of at least 4 members (excludes halogenated alkanes) is 1.